The number of carboxylic acid groups (broad SMARTS) is 1. The smallest absolute Gasteiger partial charge is 0.355 e. The number of aromatic nitrogens is 3. The van der Waals surface area contributed by atoms with Crippen molar-refractivity contribution in [2.45, 2.75) is 0 Å². The van der Waals surface area contributed by atoms with Gasteiger partial charge >= 0.3 is 5.97 Å². The summed E-state index contributed by atoms with van der Waals surface area (Å²) in [6, 6.07) is 3.30. The second-order valence-electron chi connectivity index (χ2n) is 3.03. The van der Waals surface area contributed by atoms with Crippen molar-refractivity contribution in [3.63, 3.8) is 0 Å². The number of carbonyl (C=O) groups is 1. The Morgan fingerprint density at radius 3 is 2.82 bits per heavy atom. The molecule has 0 unspecified atom stereocenters. The number of rotatable bonds is 2. The van der Waals surface area contributed by atoms with Gasteiger partial charge in [-0.25, -0.2) is 14.8 Å². The molecule has 2 aromatic heterocycles. The van der Waals surface area contributed by atoms with E-state index >= 15 is 0 Å². The van der Waals surface area contributed by atoms with Crippen molar-refractivity contribution in [3.8, 4) is 11.5 Å². The highest BCUT2D eigenvalue weighted by atomic mass is 79.9. The van der Waals surface area contributed by atoms with Crippen molar-refractivity contribution in [1.29, 1.82) is 0 Å². The molecule has 86 valence electrons. The Morgan fingerprint density at radius 2 is 2.18 bits per heavy atom. The van der Waals surface area contributed by atoms with Gasteiger partial charge in [-0.15, -0.1) is 0 Å². The summed E-state index contributed by atoms with van der Waals surface area (Å²) in [7, 11) is 0. The van der Waals surface area contributed by atoms with E-state index in [-0.39, 0.29) is 11.5 Å². The first-order chi connectivity index (χ1) is 8.09. The van der Waals surface area contributed by atoms with E-state index in [9.17, 15) is 4.79 Å². The molecule has 0 aliphatic heterocycles. The van der Waals surface area contributed by atoms with Crippen LogP contribution in [0.15, 0.2) is 29.0 Å². The lowest BCUT2D eigenvalue weighted by atomic mass is 10.3. The summed E-state index contributed by atoms with van der Waals surface area (Å²) >= 11 is 8.99. The minimum Gasteiger partial charge on any atom is -0.476 e. The topological polar surface area (TPSA) is 76.0 Å². The Morgan fingerprint density at radius 1 is 1.41 bits per heavy atom. The van der Waals surface area contributed by atoms with Crippen LogP contribution in [0.2, 0.25) is 5.02 Å². The Kier molecular flexibility index (Phi) is 3.35. The molecule has 17 heavy (non-hydrogen) atoms. The van der Waals surface area contributed by atoms with E-state index in [1.165, 1.54) is 12.4 Å². The van der Waals surface area contributed by atoms with Crippen molar-refractivity contribution in [3.05, 3.63) is 39.7 Å². The van der Waals surface area contributed by atoms with Crippen molar-refractivity contribution in [2.75, 3.05) is 0 Å². The van der Waals surface area contributed by atoms with Gasteiger partial charge in [0.05, 0.1) is 9.50 Å². The van der Waals surface area contributed by atoms with E-state index in [1.807, 2.05) is 0 Å². The van der Waals surface area contributed by atoms with E-state index in [1.54, 1.807) is 12.1 Å². The molecule has 2 heterocycles. The highest BCUT2D eigenvalue weighted by molar-refractivity contribution is 9.10. The first kappa shape index (κ1) is 11.9. The second kappa shape index (κ2) is 4.77. The average Bonchev–Trinajstić information content (AvgIpc) is 2.30. The maximum atomic E-state index is 10.9. The van der Waals surface area contributed by atoms with E-state index in [0.717, 1.165) is 0 Å². The maximum absolute atomic E-state index is 10.9. The summed E-state index contributed by atoms with van der Waals surface area (Å²) in [4.78, 5) is 22.8. The standard InChI is InChI=1S/C10H5BrClN3O2/c11-5-4-14-9(15-7(5)10(16)17)8-6(12)2-1-3-13-8/h1-4H,(H,16,17). The van der Waals surface area contributed by atoms with Gasteiger partial charge in [-0.05, 0) is 28.1 Å². The first-order valence-corrected chi connectivity index (χ1v) is 5.63. The first-order valence-electron chi connectivity index (χ1n) is 4.46. The van der Waals surface area contributed by atoms with Crippen LogP contribution in [0.3, 0.4) is 0 Å². The predicted molar refractivity (Wildman–Crippen MR) is 64.9 cm³/mol. The SMILES string of the molecule is O=C(O)c1nc(-c2ncccc2Cl)ncc1Br. The molecule has 0 spiro atoms. The molecule has 0 aliphatic rings. The summed E-state index contributed by atoms with van der Waals surface area (Å²) in [5.74, 6) is -0.969. The van der Waals surface area contributed by atoms with Gasteiger partial charge in [0.2, 0.25) is 0 Å². The zero-order valence-corrected chi connectivity index (χ0v) is 10.6. The van der Waals surface area contributed by atoms with Gasteiger partial charge in [0, 0.05) is 12.4 Å². The Balaban J connectivity index is 2.58. The zero-order chi connectivity index (χ0) is 12.4. The fourth-order valence-electron chi connectivity index (χ4n) is 1.18. The molecular formula is C10H5BrClN3O2. The Bertz CT molecular complexity index is 592. The minimum atomic E-state index is -1.15. The fraction of sp³-hybridized carbons (Fsp3) is 0. The Hall–Kier alpha value is -1.53. The zero-order valence-electron chi connectivity index (χ0n) is 8.26. The van der Waals surface area contributed by atoms with Gasteiger partial charge in [0.15, 0.2) is 11.5 Å². The number of hydrogen-bond acceptors (Lipinski definition) is 4. The van der Waals surface area contributed by atoms with Crippen molar-refractivity contribution in [2.24, 2.45) is 0 Å². The fourth-order valence-corrected chi connectivity index (χ4v) is 1.75. The molecular weight excluding hydrogens is 309 g/mol. The number of aromatic carboxylic acids is 1. The van der Waals surface area contributed by atoms with Gasteiger partial charge in [0.1, 0.15) is 5.69 Å². The van der Waals surface area contributed by atoms with Crippen molar-refractivity contribution >= 4 is 33.5 Å². The number of hydrogen-bond donors (Lipinski definition) is 1. The largest absolute Gasteiger partial charge is 0.476 e. The molecule has 0 saturated carbocycles. The van der Waals surface area contributed by atoms with Crippen LogP contribution >= 0.6 is 27.5 Å². The molecule has 0 bridgehead atoms. The number of halogens is 2. The van der Waals surface area contributed by atoms with Crippen LogP contribution in [0.1, 0.15) is 10.5 Å². The van der Waals surface area contributed by atoms with Crippen LogP contribution in [0.25, 0.3) is 11.5 Å². The van der Waals surface area contributed by atoms with Gasteiger partial charge in [-0.1, -0.05) is 11.6 Å². The van der Waals surface area contributed by atoms with Crippen LogP contribution in [-0.4, -0.2) is 26.0 Å². The number of carboxylic acids is 1. The molecule has 0 aliphatic carbocycles. The molecule has 1 N–H and O–H groups in total. The molecule has 0 saturated heterocycles. The third-order valence-corrected chi connectivity index (χ3v) is 2.80. The summed E-state index contributed by atoms with van der Waals surface area (Å²) < 4.78 is 0.306. The van der Waals surface area contributed by atoms with Gasteiger partial charge in [-0.3, -0.25) is 4.98 Å². The van der Waals surface area contributed by atoms with E-state index in [4.69, 9.17) is 16.7 Å². The van der Waals surface area contributed by atoms with Crippen molar-refractivity contribution < 1.29 is 9.90 Å². The van der Waals surface area contributed by atoms with Crippen LogP contribution < -0.4 is 0 Å². The van der Waals surface area contributed by atoms with Crippen molar-refractivity contribution in [1.82, 2.24) is 15.0 Å². The van der Waals surface area contributed by atoms with E-state index in [0.29, 0.717) is 15.2 Å². The molecule has 5 nitrogen and oxygen atoms in total. The summed E-state index contributed by atoms with van der Waals surface area (Å²) in [5, 5.41) is 9.30. The predicted octanol–water partition coefficient (Wildman–Crippen LogP) is 2.65. The highest BCUT2D eigenvalue weighted by Gasteiger charge is 2.15. The third kappa shape index (κ3) is 2.42. The Labute approximate surface area is 110 Å². The monoisotopic (exact) mass is 313 g/mol. The molecule has 0 radical (unpaired) electrons. The maximum Gasteiger partial charge on any atom is 0.355 e. The van der Waals surface area contributed by atoms with Crippen LogP contribution in [0, 0.1) is 0 Å². The molecule has 0 amide bonds. The second-order valence-corrected chi connectivity index (χ2v) is 4.29. The van der Waals surface area contributed by atoms with E-state index in [2.05, 4.69) is 30.9 Å². The lowest BCUT2D eigenvalue weighted by molar-refractivity contribution is 0.0689. The lowest BCUT2D eigenvalue weighted by Gasteiger charge is -2.03. The normalized spacial score (nSPS) is 10.2. The van der Waals surface area contributed by atoms with Crippen LogP contribution in [-0.2, 0) is 0 Å². The molecule has 0 fully saturated rings. The molecule has 2 rings (SSSR count). The van der Waals surface area contributed by atoms with Gasteiger partial charge in [-0.2, -0.15) is 0 Å². The lowest BCUT2D eigenvalue weighted by Crippen LogP contribution is -2.04. The molecule has 0 aromatic carbocycles. The van der Waals surface area contributed by atoms with Gasteiger partial charge < -0.3 is 5.11 Å². The van der Waals surface area contributed by atoms with Crippen LogP contribution in [0.5, 0.6) is 0 Å². The molecule has 0 atom stereocenters. The summed E-state index contributed by atoms with van der Waals surface area (Å²) in [5.41, 5.74) is 0.223. The quantitative estimate of drug-likeness (QED) is 0.922. The number of nitrogens with zero attached hydrogens (tertiary/aromatic N) is 3. The highest BCUT2D eigenvalue weighted by Crippen LogP contribution is 2.23. The van der Waals surface area contributed by atoms with Gasteiger partial charge in [0.25, 0.3) is 0 Å². The molecule has 2 aromatic rings. The number of pyridine rings is 1. The minimum absolute atomic E-state index is 0.128. The summed E-state index contributed by atoms with van der Waals surface area (Å²) in [6.45, 7) is 0. The average molecular weight is 315 g/mol. The van der Waals surface area contributed by atoms with Crippen LogP contribution in [0.4, 0.5) is 0 Å². The molecule has 7 heteroatoms. The summed E-state index contributed by atoms with van der Waals surface area (Å²) in [6.07, 6.45) is 2.89. The third-order valence-electron chi connectivity index (χ3n) is 1.92. The van der Waals surface area contributed by atoms with E-state index < -0.39 is 5.97 Å².